The molecule has 2 aromatic carbocycles. The van der Waals surface area contributed by atoms with E-state index in [1.54, 1.807) is 24.3 Å². The van der Waals surface area contributed by atoms with Crippen molar-refractivity contribution in [1.29, 1.82) is 0 Å². The maximum absolute atomic E-state index is 15.1. The Labute approximate surface area is 199 Å². The van der Waals surface area contributed by atoms with Crippen molar-refractivity contribution in [2.75, 3.05) is 36.6 Å². The van der Waals surface area contributed by atoms with E-state index in [1.807, 2.05) is 0 Å². The zero-order chi connectivity index (χ0) is 25.2. The molecular formula is C22H21F3N4O5S. The molecule has 35 heavy (non-hydrogen) atoms. The molecule has 0 unspecified atom stereocenters. The molecule has 0 radical (unpaired) electrons. The molecule has 0 spiro atoms. The number of carbonyl (C=O) groups is 1. The first-order valence-electron chi connectivity index (χ1n) is 10.5. The SMILES string of the molecule is COc1ccccc1N(Cc1ccc(-c2nnc(C(F)F)o2)cc1F)C(=O)N1CCS(=O)(=O)CC1. The van der Waals surface area contributed by atoms with Gasteiger partial charge in [0.1, 0.15) is 11.6 Å². The Bertz CT molecular complexity index is 1320. The Balaban J connectivity index is 1.64. The van der Waals surface area contributed by atoms with E-state index in [1.165, 1.54) is 29.0 Å². The minimum absolute atomic E-state index is 0.0118. The predicted molar refractivity (Wildman–Crippen MR) is 119 cm³/mol. The van der Waals surface area contributed by atoms with Gasteiger partial charge in [-0.1, -0.05) is 18.2 Å². The van der Waals surface area contributed by atoms with Crippen molar-refractivity contribution in [1.82, 2.24) is 15.1 Å². The second-order valence-corrected chi connectivity index (χ2v) is 10.0. The lowest BCUT2D eigenvalue weighted by Gasteiger charge is -2.33. The van der Waals surface area contributed by atoms with E-state index >= 15 is 4.39 Å². The molecule has 186 valence electrons. The number of alkyl halides is 2. The first-order chi connectivity index (χ1) is 16.7. The van der Waals surface area contributed by atoms with Crippen LogP contribution >= 0.6 is 0 Å². The summed E-state index contributed by atoms with van der Waals surface area (Å²) in [6.07, 6.45) is -2.95. The smallest absolute Gasteiger partial charge is 0.324 e. The lowest BCUT2D eigenvalue weighted by atomic mass is 10.1. The summed E-state index contributed by atoms with van der Waals surface area (Å²) in [5.41, 5.74) is 0.587. The van der Waals surface area contributed by atoms with Crippen molar-refractivity contribution in [2.24, 2.45) is 0 Å². The van der Waals surface area contributed by atoms with Crippen LogP contribution in [0, 0.1) is 5.82 Å². The van der Waals surface area contributed by atoms with Gasteiger partial charge in [-0.15, -0.1) is 10.2 Å². The summed E-state index contributed by atoms with van der Waals surface area (Å²) in [5, 5.41) is 6.74. The molecule has 0 saturated carbocycles. The fourth-order valence-electron chi connectivity index (χ4n) is 3.60. The van der Waals surface area contributed by atoms with Gasteiger partial charge in [0.25, 0.3) is 5.89 Å². The number of ether oxygens (including phenoxy) is 1. The minimum atomic E-state index is -3.22. The Kier molecular flexibility index (Phi) is 6.96. The number of carbonyl (C=O) groups excluding carboxylic acids is 1. The summed E-state index contributed by atoms with van der Waals surface area (Å²) < 4.78 is 74.4. The molecule has 4 rings (SSSR count). The normalized spacial score (nSPS) is 15.3. The van der Waals surface area contributed by atoms with Crippen molar-refractivity contribution < 1.29 is 35.5 Å². The monoisotopic (exact) mass is 510 g/mol. The number of nitrogens with zero attached hydrogens (tertiary/aromatic N) is 4. The Morgan fingerprint density at radius 2 is 1.89 bits per heavy atom. The maximum atomic E-state index is 15.1. The molecule has 0 N–H and O–H groups in total. The number of sulfone groups is 1. The van der Waals surface area contributed by atoms with Crippen LogP contribution in [-0.2, 0) is 16.4 Å². The van der Waals surface area contributed by atoms with Crippen LogP contribution in [-0.4, -0.2) is 61.3 Å². The van der Waals surface area contributed by atoms with Gasteiger partial charge in [0.05, 0.1) is 30.8 Å². The van der Waals surface area contributed by atoms with E-state index in [-0.39, 0.29) is 48.2 Å². The van der Waals surface area contributed by atoms with Crippen molar-refractivity contribution >= 4 is 21.6 Å². The number of benzene rings is 2. The molecule has 0 atom stereocenters. The van der Waals surface area contributed by atoms with Crippen LogP contribution in [0.3, 0.4) is 0 Å². The number of anilines is 1. The second-order valence-electron chi connectivity index (χ2n) is 7.73. The van der Waals surface area contributed by atoms with Crippen LogP contribution in [0.25, 0.3) is 11.5 Å². The summed E-state index contributed by atoms with van der Waals surface area (Å²) in [6.45, 7) is -0.184. The molecule has 3 aromatic rings. The second kappa shape index (κ2) is 9.94. The molecule has 1 saturated heterocycles. The van der Waals surface area contributed by atoms with Gasteiger partial charge in [-0.3, -0.25) is 4.90 Å². The third kappa shape index (κ3) is 5.39. The number of hydrogen-bond acceptors (Lipinski definition) is 7. The van der Waals surface area contributed by atoms with E-state index in [2.05, 4.69) is 10.2 Å². The average Bonchev–Trinajstić information content (AvgIpc) is 3.34. The Hall–Kier alpha value is -3.61. The standard InChI is InChI=1S/C22H21F3N4O5S/c1-33-18-5-3-2-4-17(18)29(22(30)28-8-10-35(31,32)11-9-28)13-15-7-6-14(12-16(15)23)20-26-27-21(34-20)19(24)25/h2-7,12,19H,8-11,13H2,1H3. The van der Waals surface area contributed by atoms with E-state index in [4.69, 9.17) is 9.15 Å². The van der Waals surface area contributed by atoms with E-state index in [9.17, 15) is 22.0 Å². The Morgan fingerprint density at radius 1 is 1.17 bits per heavy atom. The first-order valence-corrected chi connectivity index (χ1v) is 12.3. The third-order valence-corrected chi connectivity index (χ3v) is 7.09. The first kappa shape index (κ1) is 24.5. The highest BCUT2D eigenvalue weighted by atomic mass is 32.2. The highest BCUT2D eigenvalue weighted by molar-refractivity contribution is 7.91. The van der Waals surface area contributed by atoms with E-state index in [0.29, 0.717) is 11.4 Å². The molecule has 13 heteroatoms. The van der Waals surface area contributed by atoms with Crippen LogP contribution in [0.2, 0.25) is 0 Å². The van der Waals surface area contributed by atoms with Crippen molar-refractivity contribution in [3.63, 3.8) is 0 Å². The summed E-state index contributed by atoms with van der Waals surface area (Å²) in [6, 6.07) is 10.0. The van der Waals surface area contributed by atoms with E-state index in [0.717, 1.165) is 6.07 Å². The van der Waals surface area contributed by atoms with Crippen LogP contribution < -0.4 is 9.64 Å². The summed E-state index contributed by atoms with van der Waals surface area (Å²) >= 11 is 0. The zero-order valence-electron chi connectivity index (χ0n) is 18.5. The van der Waals surface area contributed by atoms with Gasteiger partial charge in [-0.05, 0) is 24.3 Å². The number of amides is 2. The molecule has 1 aliphatic rings. The minimum Gasteiger partial charge on any atom is -0.495 e. The van der Waals surface area contributed by atoms with Crippen LogP contribution in [0.15, 0.2) is 46.9 Å². The Morgan fingerprint density at radius 3 is 2.51 bits per heavy atom. The molecule has 0 bridgehead atoms. The number of para-hydroxylation sites is 2. The fraction of sp³-hybridized carbons (Fsp3) is 0.318. The highest BCUT2D eigenvalue weighted by Gasteiger charge is 2.30. The molecule has 9 nitrogen and oxygen atoms in total. The molecule has 2 amide bonds. The van der Waals surface area contributed by atoms with Crippen molar-refractivity contribution in [3.05, 3.63) is 59.7 Å². The van der Waals surface area contributed by atoms with Gasteiger partial charge in [-0.2, -0.15) is 8.78 Å². The number of methoxy groups -OCH3 is 1. The van der Waals surface area contributed by atoms with Crippen molar-refractivity contribution in [3.8, 4) is 17.2 Å². The molecule has 1 aromatic heterocycles. The molecule has 0 aliphatic carbocycles. The average molecular weight is 510 g/mol. The third-order valence-electron chi connectivity index (χ3n) is 5.48. The van der Waals surface area contributed by atoms with Gasteiger partial charge >= 0.3 is 12.5 Å². The van der Waals surface area contributed by atoms with Crippen LogP contribution in [0.4, 0.5) is 23.7 Å². The summed E-state index contributed by atoms with van der Waals surface area (Å²) in [5.74, 6) is -1.82. The van der Waals surface area contributed by atoms with E-state index < -0.39 is 34.0 Å². The number of halogens is 3. The van der Waals surface area contributed by atoms with Gasteiger partial charge in [0.2, 0.25) is 5.89 Å². The lowest BCUT2D eigenvalue weighted by Crippen LogP contribution is -2.50. The number of hydrogen-bond donors (Lipinski definition) is 0. The van der Waals surface area contributed by atoms with Crippen LogP contribution in [0.1, 0.15) is 17.9 Å². The van der Waals surface area contributed by atoms with Gasteiger partial charge in [0, 0.05) is 24.2 Å². The quantitative estimate of drug-likeness (QED) is 0.498. The summed E-state index contributed by atoms with van der Waals surface area (Å²) in [4.78, 5) is 16.1. The number of urea groups is 1. The highest BCUT2D eigenvalue weighted by Crippen LogP contribution is 2.31. The fourth-order valence-corrected chi connectivity index (χ4v) is 4.80. The lowest BCUT2D eigenvalue weighted by molar-refractivity contribution is 0.116. The molecular weight excluding hydrogens is 489 g/mol. The van der Waals surface area contributed by atoms with Gasteiger partial charge < -0.3 is 14.1 Å². The summed E-state index contributed by atoms with van der Waals surface area (Å²) in [7, 11) is -1.78. The van der Waals surface area contributed by atoms with Crippen LogP contribution in [0.5, 0.6) is 5.75 Å². The number of rotatable bonds is 6. The van der Waals surface area contributed by atoms with Gasteiger partial charge in [-0.25, -0.2) is 17.6 Å². The largest absolute Gasteiger partial charge is 0.495 e. The molecule has 2 heterocycles. The maximum Gasteiger partial charge on any atom is 0.324 e. The topological polar surface area (TPSA) is 106 Å². The predicted octanol–water partition coefficient (Wildman–Crippen LogP) is 3.68. The molecule has 1 aliphatic heterocycles. The molecule has 1 fully saturated rings. The van der Waals surface area contributed by atoms with Crippen molar-refractivity contribution in [2.45, 2.75) is 13.0 Å². The number of aromatic nitrogens is 2. The zero-order valence-corrected chi connectivity index (χ0v) is 19.3. The van der Waals surface area contributed by atoms with Gasteiger partial charge in [0.15, 0.2) is 9.84 Å².